The highest BCUT2D eigenvalue weighted by molar-refractivity contribution is 5.97. The Morgan fingerprint density at radius 3 is 2.70 bits per heavy atom. The predicted molar refractivity (Wildman–Crippen MR) is 39.1 cm³/mol. The molecule has 1 N–H and O–H groups in total. The second-order valence-electron chi connectivity index (χ2n) is 1.79. The minimum atomic E-state index is -0.175. The van der Waals surface area contributed by atoms with E-state index in [4.69, 9.17) is 0 Å². The third kappa shape index (κ3) is 4.03. The van der Waals surface area contributed by atoms with Crippen molar-refractivity contribution in [3.63, 3.8) is 0 Å². The summed E-state index contributed by atoms with van der Waals surface area (Å²) in [4.78, 5) is 14.4. The van der Waals surface area contributed by atoms with Crippen LogP contribution in [0.25, 0.3) is 0 Å². The number of carbonyl (C=O) groups is 1. The largest absolute Gasteiger partial charge is 0.375 e. The number of hydrogen-bond donors (Lipinski definition) is 1. The van der Waals surface area contributed by atoms with Gasteiger partial charge in [0.05, 0.1) is 5.84 Å². The Bertz CT molecular complexity index is 143. The van der Waals surface area contributed by atoms with Crippen LogP contribution in [-0.2, 0) is 9.53 Å². The van der Waals surface area contributed by atoms with Gasteiger partial charge in [-0.3, -0.25) is 9.79 Å². The quantitative estimate of drug-likeness (QED) is 0.431. The van der Waals surface area contributed by atoms with Crippen LogP contribution in [-0.4, -0.2) is 32.5 Å². The van der Waals surface area contributed by atoms with Crippen LogP contribution in [0.2, 0.25) is 0 Å². The first kappa shape index (κ1) is 9.10. The molecule has 0 aromatic rings. The maximum Gasteiger partial charge on any atom is 0.251 e. The number of ether oxygens (including phenoxy) is 1. The Balaban J connectivity index is 3.58. The van der Waals surface area contributed by atoms with Gasteiger partial charge in [0.25, 0.3) is 5.91 Å². The highest BCUT2D eigenvalue weighted by Crippen LogP contribution is 1.71. The smallest absolute Gasteiger partial charge is 0.251 e. The lowest BCUT2D eigenvalue weighted by molar-refractivity contribution is -0.123. The molecule has 0 aromatic heterocycles. The maximum absolute atomic E-state index is 10.7. The van der Waals surface area contributed by atoms with E-state index in [0.717, 1.165) is 0 Å². The summed E-state index contributed by atoms with van der Waals surface area (Å²) >= 11 is 0. The molecule has 0 atom stereocenters. The van der Waals surface area contributed by atoms with Crippen molar-refractivity contribution >= 4 is 11.7 Å². The maximum atomic E-state index is 10.7. The van der Waals surface area contributed by atoms with Crippen LogP contribution >= 0.6 is 0 Å². The number of aliphatic imine (C=N–C) groups is 1. The van der Waals surface area contributed by atoms with E-state index in [1.165, 1.54) is 7.11 Å². The molecule has 10 heavy (non-hydrogen) atoms. The van der Waals surface area contributed by atoms with Gasteiger partial charge in [0.2, 0.25) is 0 Å². The zero-order valence-electron chi connectivity index (χ0n) is 6.47. The Morgan fingerprint density at radius 1 is 1.70 bits per heavy atom. The fourth-order valence-corrected chi connectivity index (χ4v) is 0.425. The van der Waals surface area contributed by atoms with Crippen molar-refractivity contribution in [1.82, 2.24) is 5.32 Å². The second-order valence-corrected chi connectivity index (χ2v) is 1.79. The molecule has 0 aliphatic carbocycles. The lowest BCUT2D eigenvalue weighted by atomic mass is 10.6. The molecule has 0 unspecified atom stereocenters. The first-order valence-electron chi connectivity index (χ1n) is 2.93. The summed E-state index contributed by atoms with van der Waals surface area (Å²) in [7, 11) is 3.08. The van der Waals surface area contributed by atoms with E-state index in [-0.39, 0.29) is 12.5 Å². The van der Waals surface area contributed by atoms with E-state index in [2.05, 4.69) is 15.0 Å². The van der Waals surface area contributed by atoms with E-state index in [0.29, 0.717) is 5.84 Å². The van der Waals surface area contributed by atoms with Gasteiger partial charge in [-0.25, -0.2) is 0 Å². The van der Waals surface area contributed by atoms with Crippen molar-refractivity contribution < 1.29 is 9.53 Å². The van der Waals surface area contributed by atoms with Gasteiger partial charge >= 0.3 is 0 Å². The molecule has 4 heteroatoms. The van der Waals surface area contributed by atoms with Gasteiger partial charge in [-0.2, -0.15) is 0 Å². The lowest BCUT2D eigenvalue weighted by Gasteiger charge is -2.00. The van der Waals surface area contributed by atoms with E-state index in [9.17, 15) is 4.79 Å². The first-order valence-corrected chi connectivity index (χ1v) is 2.93. The molecule has 0 aromatic carbocycles. The Labute approximate surface area is 60.3 Å². The molecule has 0 aliphatic rings. The molecule has 0 rings (SSSR count). The van der Waals surface area contributed by atoms with Gasteiger partial charge in [0, 0.05) is 14.2 Å². The second kappa shape index (κ2) is 4.93. The average molecular weight is 144 g/mol. The third-order valence-electron chi connectivity index (χ3n) is 0.931. The molecular formula is C6H12N2O2. The van der Waals surface area contributed by atoms with Crippen molar-refractivity contribution in [1.29, 1.82) is 0 Å². The molecule has 0 heterocycles. The zero-order valence-corrected chi connectivity index (χ0v) is 6.47. The molecule has 0 saturated heterocycles. The minimum absolute atomic E-state index is 0.0762. The Morgan fingerprint density at radius 2 is 2.30 bits per heavy atom. The fourth-order valence-electron chi connectivity index (χ4n) is 0.425. The molecule has 0 spiro atoms. The summed E-state index contributed by atoms with van der Waals surface area (Å²) in [5.41, 5.74) is 0. The molecule has 0 fully saturated rings. The van der Waals surface area contributed by atoms with Crippen LogP contribution in [0.3, 0.4) is 0 Å². The van der Waals surface area contributed by atoms with Gasteiger partial charge in [0.15, 0.2) is 0 Å². The van der Waals surface area contributed by atoms with E-state index < -0.39 is 0 Å². The predicted octanol–water partition coefficient (Wildman–Crippen LogP) is -0.203. The van der Waals surface area contributed by atoms with Crippen LogP contribution < -0.4 is 5.32 Å². The van der Waals surface area contributed by atoms with E-state index in [1.54, 1.807) is 14.0 Å². The summed E-state index contributed by atoms with van der Waals surface area (Å²) in [5, 5.41) is 2.52. The number of amides is 1. The van der Waals surface area contributed by atoms with Crippen molar-refractivity contribution in [2.75, 3.05) is 20.8 Å². The van der Waals surface area contributed by atoms with Crippen LogP contribution in [0, 0.1) is 0 Å². The van der Waals surface area contributed by atoms with Crippen LogP contribution in [0.1, 0.15) is 6.92 Å². The Hall–Kier alpha value is -0.900. The number of amidine groups is 1. The highest BCUT2D eigenvalue weighted by Gasteiger charge is 1.98. The summed E-state index contributed by atoms with van der Waals surface area (Å²) in [6.45, 7) is 1.79. The van der Waals surface area contributed by atoms with Crippen molar-refractivity contribution in [3.8, 4) is 0 Å². The molecule has 0 saturated carbocycles. The summed E-state index contributed by atoms with van der Waals surface area (Å²) < 4.78 is 4.58. The zero-order chi connectivity index (χ0) is 7.98. The van der Waals surface area contributed by atoms with Crippen LogP contribution in [0.5, 0.6) is 0 Å². The summed E-state index contributed by atoms with van der Waals surface area (Å²) in [6.07, 6.45) is 0. The molecule has 0 bridgehead atoms. The third-order valence-corrected chi connectivity index (χ3v) is 0.931. The standard InChI is InChI=1S/C6H12N2O2/c1-5(7-2)8-6(9)4-10-3/h4H2,1-3H3,(H,7,8,9). The molecule has 4 nitrogen and oxygen atoms in total. The van der Waals surface area contributed by atoms with Gasteiger partial charge in [-0.1, -0.05) is 0 Å². The monoisotopic (exact) mass is 144 g/mol. The molecule has 1 amide bonds. The number of hydrogen-bond acceptors (Lipinski definition) is 3. The van der Waals surface area contributed by atoms with Crippen molar-refractivity contribution in [2.24, 2.45) is 4.99 Å². The van der Waals surface area contributed by atoms with Crippen LogP contribution in [0.4, 0.5) is 0 Å². The van der Waals surface area contributed by atoms with Gasteiger partial charge in [-0.15, -0.1) is 0 Å². The van der Waals surface area contributed by atoms with E-state index in [1.807, 2.05) is 0 Å². The lowest BCUT2D eigenvalue weighted by Crippen LogP contribution is -2.31. The molecular weight excluding hydrogens is 132 g/mol. The molecule has 0 radical (unpaired) electrons. The Kier molecular flexibility index (Phi) is 4.49. The number of nitrogens with zero attached hydrogens (tertiary/aromatic N) is 1. The normalized spacial score (nSPS) is 11.3. The number of carbonyl (C=O) groups excluding carboxylic acids is 1. The minimum Gasteiger partial charge on any atom is -0.375 e. The van der Waals surface area contributed by atoms with Crippen molar-refractivity contribution in [3.05, 3.63) is 0 Å². The SMILES string of the molecule is C/N=C(/C)NC(=O)COC. The molecule has 58 valence electrons. The summed E-state index contributed by atoms with van der Waals surface area (Å²) in [5.74, 6) is 0.424. The van der Waals surface area contributed by atoms with E-state index >= 15 is 0 Å². The van der Waals surface area contributed by atoms with Crippen LogP contribution in [0.15, 0.2) is 4.99 Å². The topological polar surface area (TPSA) is 50.7 Å². The number of methoxy groups -OCH3 is 1. The van der Waals surface area contributed by atoms with Gasteiger partial charge in [-0.05, 0) is 6.92 Å². The fraction of sp³-hybridized carbons (Fsp3) is 0.667. The molecule has 0 aliphatic heterocycles. The first-order chi connectivity index (χ1) is 4.70. The number of nitrogens with one attached hydrogen (secondary N) is 1. The van der Waals surface area contributed by atoms with Gasteiger partial charge in [0.1, 0.15) is 6.61 Å². The van der Waals surface area contributed by atoms with Gasteiger partial charge < -0.3 is 10.1 Å². The average Bonchev–Trinajstić information content (AvgIpc) is 1.88. The van der Waals surface area contributed by atoms with Crippen molar-refractivity contribution in [2.45, 2.75) is 6.92 Å². The summed E-state index contributed by atoms with van der Waals surface area (Å²) in [6, 6.07) is 0. The highest BCUT2D eigenvalue weighted by atomic mass is 16.5. The number of rotatable bonds is 2.